The van der Waals surface area contributed by atoms with Gasteiger partial charge in [-0.3, -0.25) is 14.5 Å². The highest BCUT2D eigenvalue weighted by molar-refractivity contribution is 5.72. The molecule has 0 aromatic rings. The number of unbranched alkanes of at least 4 members (excludes halogenated alkanes) is 31. The minimum Gasteiger partial charge on any atom is -0.465 e. The Balaban J connectivity index is 5.07. The van der Waals surface area contributed by atoms with Gasteiger partial charge in [0.15, 0.2) is 0 Å². The first-order chi connectivity index (χ1) is 33.9. The van der Waals surface area contributed by atoms with E-state index in [9.17, 15) is 19.8 Å². The molecule has 7 heteroatoms. The highest BCUT2D eigenvalue weighted by atomic mass is 16.5. The van der Waals surface area contributed by atoms with Crippen molar-refractivity contribution in [3.8, 4) is 0 Å². The summed E-state index contributed by atoms with van der Waals surface area (Å²) in [6.07, 6.45) is 54.7. The predicted octanol–water partition coefficient (Wildman–Crippen LogP) is 18.1. The lowest BCUT2D eigenvalue weighted by Crippen LogP contribution is -2.47. The molecule has 0 amide bonds. The van der Waals surface area contributed by atoms with Crippen LogP contribution in [-0.4, -0.2) is 72.1 Å². The number of aliphatic hydroxyl groups excluding tert-OH is 2. The summed E-state index contributed by atoms with van der Waals surface area (Å²) in [4.78, 5) is 28.7. The molecule has 0 aliphatic carbocycles. The number of esters is 2. The molecule has 0 rings (SSSR count). The van der Waals surface area contributed by atoms with Crippen LogP contribution in [0.3, 0.4) is 0 Å². The summed E-state index contributed by atoms with van der Waals surface area (Å²) < 4.78 is 11.8. The number of aliphatic hydroxyl groups is 2. The summed E-state index contributed by atoms with van der Waals surface area (Å²) in [5, 5.41) is 22.1. The Morgan fingerprint density at radius 3 is 1.06 bits per heavy atom. The standard InChI is InChI=1S/C62H121NO6/c1-6-11-16-21-24-25-26-27-28-29-30-33-42-51-60(65)59(56-64)63(52-43-34-36-45-54-68-61(66)57(47-38-19-14-9-4)49-40-31-22-17-12-7-2)53-44-35-37-46-55-69-62(67)58(48-39-20-15-10-5)50-41-32-23-18-13-8-3/h25-26,57-60,64-65H,6-24,27-56H2,1-5H3/b26-25+. The second-order valence-corrected chi connectivity index (χ2v) is 21.4. The zero-order chi connectivity index (χ0) is 50.5. The van der Waals surface area contributed by atoms with Crippen LogP contribution in [0, 0.1) is 11.8 Å². The van der Waals surface area contributed by atoms with Crippen molar-refractivity contribution in [1.82, 2.24) is 4.90 Å². The van der Waals surface area contributed by atoms with Gasteiger partial charge in [-0.05, 0) is 96.6 Å². The number of hydrogen-bond acceptors (Lipinski definition) is 7. The molecule has 0 heterocycles. The van der Waals surface area contributed by atoms with E-state index < -0.39 is 6.10 Å². The third-order valence-electron chi connectivity index (χ3n) is 14.8. The van der Waals surface area contributed by atoms with Crippen molar-refractivity contribution < 1.29 is 29.3 Å². The number of hydrogen-bond donors (Lipinski definition) is 2. The van der Waals surface area contributed by atoms with Gasteiger partial charge in [0.1, 0.15) is 0 Å². The average Bonchev–Trinajstić information content (AvgIpc) is 3.35. The topological polar surface area (TPSA) is 96.3 Å². The lowest BCUT2D eigenvalue weighted by Gasteiger charge is -2.34. The van der Waals surface area contributed by atoms with Crippen molar-refractivity contribution in [3.05, 3.63) is 12.2 Å². The van der Waals surface area contributed by atoms with E-state index in [2.05, 4.69) is 51.7 Å². The van der Waals surface area contributed by atoms with Gasteiger partial charge in [0, 0.05) is 0 Å². The van der Waals surface area contributed by atoms with E-state index in [0.717, 1.165) is 135 Å². The molecule has 0 saturated heterocycles. The first-order valence-corrected chi connectivity index (χ1v) is 30.9. The van der Waals surface area contributed by atoms with Crippen LogP contribution >= 0.6 is 0 Å². The first kappa shape index (κ1) is 67.6. The summed E-state index contributed by atoms with van der Waals surface area (Å²) in [5.41, 5.74) is 0. The molecule has 0 aromatic carbocycles. The molecule has 410 valence electrons. The van der Waals surface area contributed by atoms with Gasteiger partial charge in [-0.2, -0.15) is 0 Å². The molecule has 0 aliphatic heterocycles. The molecule has 0 saturated carbocycles. The molecular weight excluding hydrogens is 855 g/mol. The molecule has 4 unspecified atom stereocenters. The van der Waals surface area contributed by atoms with Gasteiger partial charge in [-0.15, -0.1) is 0 Å². The monoisotopic (exact) mass is 976 g/mol. The highest BCUT2D eigenvalue weighted by Crippen LogP contribution is 2.23. The third kappa shape index (κ3) is 43.8. The zero-order valence-corrected chi connectivity index (χ0v) is 47.1. The van der Waals surface area contributed by atoms with Gasteiger partial charge in [0.05, 0.1) is 43.8 Å². The molecule has 0 bridgehead atoms. The van der Waals surface area contributed by atoms with Crippen LogP contribution in [0.4, 0.5) is 0 Å². The van der Waals surface area contributed by atoms with Crippen LogP contribution in [0.2, 0.25) is 0 Å². The van der Waals surface area contributed by atoms with Gasteiger partial charge in [-0.25, -0.2) is 0 Å². The van der Waals surface area contributed by atoms with E-state index in [-0.39, 0.29) is 36.4 Å². The smallest absolute Gasteiger partial charge is 0.308 e. The summed E-state index contributed by atoms with van der Waals surface area (Å²) in [7, 11) is 0. The van der Waals surface area contributed by atoms with Crippen LogP contribution in [0.5, 0.6) is 0 Å². The third-order valence-corrected chi connectivity index (χ3v) is 14.8. The van der Waals surface area contributed by atoms with Crippen molar-refractivity contribution >= 4 is 11.9 Å². The molecule has 0 radical (unpaired) electrons. The summed E-state index contributed by atoms with van der Waals surface area (Å²) in [6.45, 7) is 13.9. The fourth-order valence-corrected chi connectivity index (χ4v) is 10.0. The molecule has 2 N–H and O–H groups in total. The van der Waals surface area contributed by atoms with Crippen molar-refractivity contribution in [3.63, 3.8) is 0 Å². The van der Waals surface area contributed by atoms with Crippen molar-refractivity contribution in [2.45, 2.75) is 329 Å². The van der Waals surface area contributed by atoms with E-state index in [4.69, 9.17) is 9.47 Å². The highest BCUT2D eigenvalue weighted by Gasteiger charge is 2.25. The molecule has 0 aliphatic rings. The van der Waals surface area contributed by atoms with E-state index in [1.165, 1.54) is 161 Å². The number of carbonyl (C=O) groups is 2. The molecule has 0 aromatic heterocycles. The van der Waals surface area contributed by atoms with Crippen molar-refractivity contribution in [1.29, 1.82) is 0 Å². The Labute approximate surface area is 430 Å². The second kappa shape index (κ2) is 54.3. The quantitative estimate of drug-likeness (QED) is 0.0356. The maximum absolute atomic E-state index is 13.2. The average molecular weight is 977 g/mol. The minimum atomic E-state index is -0.540. The lowest BCUT2D eigenvalue weighted by molar-refractivity contribution is -0.150. The van der Waals surface area contributed by atoms with E-state index in [1.807, 2.05) is 0 Å². The second-order valence-electron chi connectivity index (χ2n) is 21.4. The number of nitrogens with zero attached hydrogens (tertiary/aromatic N) is 1. The fourth-order valence-electron chi connectivity index (χ4n) is 10.0. The van der Waals surface area contributed by atoms with Gasteiger partial charge < -0.3 is 19.7 Å². The van der Waals surface area contributed by atoms with Gasteiger partial charge >= 0.3 is 11.9 Å². The Morgan fingerprint density at radius 1 is 0.391 bits per heavy atom. The Hall–Kier alpha value is -1.44. The first-order valence-electron chi connectivity index (χ1n) is 30.9. The maximum atomic E-state index is 13.2. The summed E-state index contributed by atoms with van der Waals surface area (Å²) in [6, 6.07) is -0.254. The van der Waals surface area contributed by atoms with Crippen molar-refractivity contribution in [2.24, 2.45) is 11.8 Å². The van der Waals surface area contributed by atoms with Crippen molar-refractivity contribution in [2.75, 3.05) is 32.9 Å². The molecule has 0 spiro atoms. The molecule has 0 fully saturated rings. The van der Waals surface area contributed by atoms with Crippen LogP contribution < -0.4 is 0 Å². The summed E-state index contributed by atoms with van der Waals surface area (Å²) >= 11 is 0. The molecule has 69 heavy (non-hydrogen) atoms. The Bertz CT molecular complexity index is 1030. The van der Waals surface area contributed by atoms with Gasteiger partial charge in [0.25, 0.3) is 0 Å². The molecular formula is C62H121NO6. The molecule has 4 atom stereocenters. The zero-order valence-electron chi connectivity index (χ0n) is 47.1. The largest absolute Gasteiger partial charge is 0.465 e. The van der Waals surface area contributed by atoms with Crippen LogP contribution in [-0.2, 0) is 19.1 Å². The Kier molecular flexibility index (Phi) is 53.2. The summed E-state index contributed by atoms with van der Waals surface area (Å²) in [5.74, 6) is 0.145. The van der Waals surface area contributed by atoms with Gasteiger partial charge in [0.2, 0.25) is 0 Å². The van der Waals surface area contributed by atoms with Crippen LogP contribution in [0.1, 0.15) is 317 Å². The lowest BCUT2D eigenvalue weighted by atomic mass is 9.94. The fraction of sp³-hybridized carbons (Fsp3) is 0.935. The SMILES string of the molecule is CCCCCC/C=C/CCCCCCCC(O)C(CO)N(CCCCCCOC(=O)C(CCCCCC)CCCCCCCC)CCCCCCOC(=O)C(CCCCCC)CCCCCCCC. The van der Waals surface area contributed by atoms with E-state index in [1.54, 1.807) is 0 Å². The van der Waals surface area contributed by atoms with E-state index in [0.29, 0.717) is 13.2 Å². The Morgan fingerprint density at radius 2 is 0.681 bits per heavy atom. The van der Waals surface area contributed by atoms with Crippen LogP contribution in [0.15, 0.2) is 12.2 Å². The molecule has 7 nitrogen and oxygen atoms in total. The minimum absolute atomic E-state index is 0.0234. The number of ether oxygens (including phenoxy) is 2. The predicted molar refractivity (Wildman–Crippen MR) is 298 cm³/mol. The van der Waals surface area contributed by atoms with Crippen LogP contribution in [0.25, 0.3) is 0 Å². The number of carbonyl (C=O) groups excluding carboxylic acids is 2. The maximum Gasteiger partial charge on any atom is 0.308 e. The van der Waals surface area contributed by atoms with E-state index >= 15 is 0 Å². The number of allylic oxidation sites excluding steroid dienone is 2. The number of rotatable bonds is 56. The normalized spacial score (nSPS) is 13.6. The van der Waals surface area contributed by atoms with Gasteiger partial charge in [-0.1, -0.05) is 246 Å².